The predicted molar refractivity (Wildman–Crippen MR) is 200 cm³/mol. The van der Waals surface area contributed by atoms with Gasteiger partial charge in [-0.15, -0.1) is 0 Å². The van der Waals surface area contributed by atoms with Gasteiger partial charge in [-0.1, -0.05) is 192 Å². The SMILES string of the molecule is CCCCC/C=C\C/C=C\CCCCCCCCCCCC(=O)OC(CCCCCCCCCCCCCCCCCC)C(=O)O. The van der Waals surface area contributed by atoms with E-state index in [1.54, 1.807) is 0 Å². The van der Waals surface area contributed by atoms with Crippen LogP contribution >= 0.6 is 0 Å². The topological polar surface area (TPSA) is 63.6 Å². The first-order valence-corrected chi connectivity index (χ1v) is 20.3. The molecule has 0 heterocycles. The van der Waals surface area contributed by atoms with E-state index < -0.39 is 12.1 Å². The maximum absolute atomic E-state index is 12.2. The number of allylic oxidation sites excluding steroid dienone is 4. The Labute approximate surface area is 287 Å². The summed E-state index contributed by atoms with van der Waals surface area (Å²) in [6.45, 7) is 4.52. The summed E-state index contributed by atoms with van der Waals surface area (Å²) in [5.41, 5.74) is 0. The van der Waals surface area contributed by atoms with E-state index in [2.05, 4.69) is 38.2 Å². The normalized spacial score (nSPS) is 12.4. The number of carbonyl (C=O) groups excluding carboxylic acids is 1. The lowest BCUT2D eigenvalue weighted by molar-refractivity contribution is -0.164. The van der Waals surface area contributed by atoms with Crippen molar-refractivity contribution < 1.29 is 19.4 Å². The minimum absolute atomic E-state index is 0.338. The fourth-order valence-corrected chi connectivity index (χ4v) is 6.12. The molecule has 0 spiro atoms. The highest BCUT2D eigenvalue weighted by molar-refractivity contribution is 5.77. The first-order valence-electron chi connectivity index (χ1n) is 20.3. The summed E-state index contributed by atoms with van der Waals surface area (Å²) >= 11 is 0. The fourth-order valence-electron chi connectivity index (χ4n) is 6.12. The number of aliphatic carboxylic acids is 1. The number of rotatable bonds is 37. The Balaban J connectivity index is 3.53. The predicted octanol–water partition coefficient (Wildman–Crippen LogP) is 14.0. The third-order valence-electron chi connectivity index (χ3n) is 9.20. The number of carbonyl (C=O) groups is 2. The Morgan fingerprint density at radius 3 is 1.26 bits per heavy atom. The molecule has 0 aromatic heterocycles. The van der Waals surface area contributed by atoms with Crippen LogP contribution in [0.2, 0.25) is 0 Å². The van der Waals surface area contributed by atoms with Crippen molar-refractivity contribution in [2.75, 3.05) is 0 Å². The molecule has 0 fully saturated rings. The number of carboxylic acid groups (broad SMARTS) is 1. The molecule has 0 aromatic rings. The molecule has 0 rings (SSSR count). The molecule has 46 heavy (non-hydrogen) atoms. The van der Waals surface area contributed by atoms with Crippen molar-refractivity contribution >= 4 is 11.9 Å². The Bertz CT molecular complexity index is 698. The second kappa shape index (κ2) is 37.9. The second-order valence-corrected chi connectivity index (χ2v) is 13.8. The van der Waals surface area contributed by atoms with Crippen molar-refractivity contribution in [3.63, 3.8) is 0 Å². The largest absolute Gasteiger partial charge is 0.479 e. The van der Waals surface area contributed by atoms with Crippen LogP contribution in [0.5, 0.6) is 0 Å². The first kappa shape index (κ1) is 44.4. The Hall–Kier alpha value is -1.58. The Morgan fingerprint density at radius 1 is 0.478 bits per heavy atom. The molecule has 0 aliphatic rings. The van der Waals surface area contributed by atoms with Crippen LogP contribution in [0.1, 0.15) is 226 Å². The third kappa shape index (κ3) is 35.3. The molecule has 270 valence electrons. The first-order chi connectivity index (χ1) is 22.6. The quantitative estimate of drug-likeness (QED) is 0.0414. The van der Waals surface area contributed by atoms with Crippen LogP contribution in [-0.4, -0.2) is 23.1 Å². The van der Waals surface area contributed by atoms with E-state index in [4.69, 9.17) is 4.74 Å². The van der Waals surface area contributed by atoms with Gasteiger partial charge in [-0.3, -0.25) is 4.79 Å². The zero-order chi connectivity index (χ0) is 33.6. The van der Waals surface area contributed by atoms with Gasteiger partial charge in [-0.2, -0.15) is 0 Å². The lowest BCUT2D eigenvalue weighted by Gasteiger charge is -2.13. The van der Waals surface area contributed by atoms with Crippen molar-refractivity contribution in [2.24, 2.45) is 0 Å². The van der Waals surface area contributed by atoms with Gasteiger partial charge in [0.15, 0.2) is 6.10 Å². The molecule has 1 unspecified atom stereocenters. The van der Waals surface area contributed by atoms with Crippen LogP contribution in [0.3, 0.4) is 0 Å². The lowest BCUT2D eigenvalue weighted by atomic mass is 10.0. The number of hydrogen-bond acceptors (Lipinski definition) is 3. The Morgan fingerprint density at radius 2 is 0.826 bits per heavy atom. The summed E-state index contributed by atoms with van der Waals surface area (Å²) in [7, 11) is 0. The van der Waals surface area contributed by atoms with Crippen LogP contribution in [0.4, 0.5) is 0 Å². The van der Waals surface area contributed by atoms with Crippen molar-refractivity contribution in [3.8, 4) is 0 Å². The molecule has 0 aliphatic carbocycles. The van der Waals surface area contributed by atoms with Gasteiger partial charge in [0.2, 0.25) is 0 Å². The van der Waals surface area contributed by atoms with E-state index in [-0.39, 0.29) is 5.97 Å². The molecule has 0 aliphatic heterocycles. The van der Waals surface area contributed by atoms with Crippen molar-refractivity contribution in [2.45, 2.75) is 232 Å². The van der Waals surface area contributed by atoms with E-state index >= 15 is 0 Å². The molecule has 1 N–H and O–H groups in total. The van der Waals surface area contributed by atoms with Crippen molar-refractivity contribution in [1.29, 1.82) is 0 Å². The molecular formula is C42H78O4. The summed E-state index contributed by atoms with van der Waals surface area (Å²) in [6.07, 6.45) is 47.9. The summed E-state index contributed by atoms with van der Waals surface area (Å²) in [6, 6.07) is 0. The van der Waals surface area contributed by atoms with Gasteiger partial charge in [-0.05, 0) is 51.4 Å². The minimum Gasteiger partial charge on any atom is -0.479 e. The third-order valence-corrected chi connectivity index (χ3v) is 9.20. The van der Waals surface area contributed by atoms with E-state index in [0.29, 0.717) is 12.8 Å². The van der Waals surface area contributed by atoms with Crippen LogP contribution in [0.25, 0.3) is 0 Å². The molecule has 0 bridgehead atoms. The van der Waals surface area contributed by atoms with Crippen LogP contribution in [0.15, 0.2) is 24.3 Å². The van der Waals surface area contributed by atoms with E-state index in [1.165, 1.54) is 154 Å². The van der Waals surface area contributed by atoms with E-state index in [0.717, 1.165) is 44.9 Å². The number of hydrogen-bond donors (Lipinski definition) is 1. The number of esters is 1. The van der Waals surface area contributed by atoms with Crippen LogP contribution in [-0.2, 0) is 14.3 Å². The van der Waals surface area contributed by atoms with Crippen LogP contribution < -0.4 is 0 Å². The lowest BCUT2D eigenvalue weighted by Crippen LogP contribution is -2.27. The maximum Gasteiger partial charge on any atom is 0.345 e. The average molecular weight is 647 g/mol. The molecule has 0 aromatic carbocycles. The molecule has 0 saturated carbocycles. The molecule has 4 nitrogen and oxygen atoms in total. The van der Waals surface area contributed by atoms with Gasteiger partial charge >= 0.3 is 11.9 Å². The van der Waals surface area contributed by atoms with Crippen molar-refractivity contribution in [3.05, 3.63) is 24.3 Å². The van der Waals surface area contributed by atoms with Crippen LogP contribution in [0, 0.1) is 0 Å². The van der Waals surface area contributed by atoms with Gasteiger partial charge in [0.25, 0.3) is 0 Å². The summed E-state index contributed by atoms with van der Waals surface area (Å²) in [5, 5.41) is 9.50. The van der Waals surface area contributed by atoms with E-state index in [9.17, 15) is 14.7 Å². The summed E-state index contributed by atoms with van der Waals surface area (Å²) in [5.74, 6) is -1.35. The molecule has 0 saturated heterocycles. The maximum atomic E-state index is 12.2. The molecular weight excluding hydrogens is 568 g/mol. The molecule has 0 amide bonds. The zero-order valence-electron chi connectivity index (χ0n) is 30.9. The fraction of sp³-hybridized carbons (Fsp3) is 0.857. The standard InChI is InChI=1S/C42H78O4/c1-3-5-7-9-11-13-15-17-19-21-22-23-25-27-29-31-33-35-37-39-41(43)46-40(42(44)45)38-36-34-32-30-28-26-24-20-18-16-14-12-10-8-6-4-2/h11,13,17,19,40H,3-10,12,14-16,18,20-39H2,1-2H3,(H,44,45)/b13-11-,19-17-. The highest BCUT2D eigenvalue weighted by Gasteiger charge is 2.21. The summed E-state index contributed by atoms with van der Waals surface area (Å²) < 4.78 is 5.33. The van der Waals surface area contributed by atoms with E-state index in [1.807, 2.05) is 0 Å². The minimum atomic E-state index is -1.00. The molecule has 1 atom stereocenters. The monoisotopic (exact) mass is 647 g/mol. The Kier molecular flexibility index (Phi) is 36.6. The van der Waals surface area contributed by atoms with Gasteiger partial charge in [0.1, 0.15) is 0 Å². The number of carboxylic acids is 1. The second-order valence-electron chi connectivity index (χ2n) is 13.8. The van der Waals surface area contributed by atoms with Gasteiger partial charge in [0, 0.05) is 6.42 Å². The molecule has 4 heteroatoms. The zero-order valence-corrected chi connectivity index (χ0v) is 30.9. The van der Waals surface area contributed by atoms with Crippen molar-refractivity contribution in [1.82, 2.24) is 0 Å². The van der Waals surface area contributed by atoms with Gasteiger partial charge < -0.3 is 9.84 Å². The highest BCUT2D eigenvalue weighted by atomic mass is 16.6. The van der Waals surface area contributed by atoms with Gasteiger partial charge in [0.05, 0.1) is 0 Å². The summed E-state index contributed by atoms with van der Waals surface area (Å²) in [4.78, 5) is 23.8. The average Bonchev–Trinajstić information content (AvgIpc) is 3.05. The highest BCUT2D eigenvalue weighted by Crippen LogP contribution is 2.16. The molecule has 0 radical (unpaired) electrons. The van der Waals surface area contributed by atoms with Gasteiger partial charge in [-0.25, -0.2) is 4.79 Å². The number of ether oxygens (including phenoxy) is 1. The number of unbranched alkanes of at least 4 members (excludes halogenated alkanes) is 27. The smallest absolute Gasteiger partial charge is 0.345 e.